The van der Waals surface area contributed by atoms with Crippen LogP contribution in [0.25, 0.3) is 0 Å². The number of amides is 1. The van der Waals surface area contributed by atoms with Crippen molar-refractivity contribution in [3.8, 4) is 11.5 Å². The molecule has 6 nitrogen and oxygen atoms in total. The number of hydrogen-bond acceptors (Lipinski definition) is 5. The van der Waals surface area contributed by atoms with E-state index in [1.807, 2.05) is 6.07 Å². The molecule has 2 aromatic carbocycles. The smallest absolute Gasteiger partial charge is 0.248 e. The zero-order chi connectivity index (χ0) is 20.4. The number of carbonyl (C=O) groups excluding carboxylic acids is 2. The van der Waals surface area contributed by atoms with Crippen molar-refractivity contribution in [2.75, 3.05) is 6.61 Å². The standard InChI is InChI=1S/C22H17BrN2O4/c23-18-12-25-9-7-16(18)21(13-1-3-14(4-2-13)22(24)27)29-15-5-6-17-19(26)8-10-28-20(17)11-15/h1-7,9,11-12,21H,8,10H2,(H2,24,27). The molecule has 0 aliphatic carbocycles. The second-order valence-corrected chi connectivity index (χ2v) is 7.42. The normalized spacial score (nSPS) is 13.9. The predicted molar refractivity (Wildman–Crippen MR) is 110 cm³/mol. The van der Waals surface area contributed by atoms with Gasteiger partial charge in [0.2, 0.25) is 5.91 Å². The zero-order valence-electron chi connectivity index (χ0n) is 15.3. The molecule has 0 saturated heterocycles. The maximum atomic E-state index is 12.0. The molecule has 1 aliphatic heterocycles. The Balaban J connectivity index is 1.72. The van der Waals surface area contributed by atoms with Gasteiger partial charge < -0.3 is 15.2 Å². The molecule has 0 radical (unpaired) electrons. The number of Topliss-reactive ketones (excluding diaryl/α,β-unsaturated/α-hetero) is 1. The molecule has 146 valence electrons. The minimum atomic E-state index is -0.490. The van der Waals surface area contributed by atoms with Gasteiger partial charge in [-0.1, -0.05) is 12.1 Å². The number of carbonyl (C=O) groups is 2. The molecule has 0 spiro atoms. The van der Waals surface area contributed by atoms with E-state index in [9.17, 15) is 9.59 Å². The van der Waals surface area contributed by atoms with Crippen LogP contribution in [0.3, 0.4) is 0 Å². The van der Waals surface area contributed by atoms with Crippen molar-refractivity contribution in [1.82, 2.24) is 4.98 Å². The van der Waals surface area contributed by atoms with E-state index >= 15 is 0 Å². The maximum Gasteiger partial charge on any atom is 0.248 e. The number of fused-ring (bicyclic) bond motifs is 1. The third-order valence-electron chi connectivity index (χ3n) is 4.68. The number of aromatic nitrogens is 1. The SMILES string of the molecule is NC(=O)c1ccc(C(Oc2ccc3c(c2)OCCC3=O)c2ccncc2Br)cc1. The van der Waals surface area contributed by atoms with E-state index in [4.69, 9.17) is 15.2 Å². The van der Waals surface area contributed by atoms with E-state index in [-0.39, 0.29) is 5.78 Å². The number of halogens is 1. The van der Waals surface area contributed by atoms with Gasteiger partial charge >= 0.3 is 0 Å². The number of nitrogens with zero attached hydrogens (tertiary/aromatic N) is 1. The minimum absolute atomic E-state index is 0.0632. The van der Waals surface area contributed by atoms with Crippen molar-refractivity contribution in [3.05, 3.63) is 87.7 Å². The Kier molecular flexibility index (Phi) is 5.31. The highest BCUT2D eigenvalue weighted by molar-refractivity contribution is 9.10. The Hall–Kier alpha value is -3.19. The molecule has 1 atom stereocenters. The van der Waals surface area contributed by atoms with Crippen molar-refractivity contribution < 1.29 is 19.1 Å². The summed E-state index contributed by atoms with van der Waals surface area (Å²) in [5.41, 5.74) is 8.02. The number of ketones is 1. The van der Waals surface area contributed by atoms with Crippen LogP contribution < -0.4 is 15.2 Å². The lowest BCUT2D eigenvalue weighted by molar-refractivity contribution is 0.0932. The molecule has 1 unspecified atom stereocenters. The van der Waals surface area contributed by atoms with Crippen LogP contribution in [0.1, 0.15) is 44.4 Å². The zero-order valence-corrected chi connectivity index (χ0v) is 16.9. The van der Waals surface area contributed by atoms with Crippen LogP contribution in [0.4, 0.5) is 0 Å². The first-order valence-electron chi connectivity index (χ1n) is 8.99. The summed E-state index contributed by atoms with van der Waals surface area (Å²) in [6, 6.07) is 14.0. The second-order valence-electron chi connectivity index (χ2n) is 6.56. The third kappa shape index (κ3) is 4.00. The highest BCUT2D eigenvalue weighted by Gasteiger charge is 2.22. The summed E-state index contributed by atoms with van der Waals surface area (Å²) in [5.74, 6) is 0.658. The first kappa shape index (κ1) is 19.1. The number of benzene rings is 2. The summed E-state index contributed by atoms with van der Waals surface area (Å²) in [5, 5.41) is 0. The van der Waals surface area contributed by atoms with Gasteiger partial charge in [0, 0.05) is 40.5 Å². The molecule has 29 heavy (non-hydrogen) atoms. The quantitative estimate of drug-likeness (QED) is 0.629. The van der Waals surface area contributed by atoms with Crippen LogP contribution in [0.2, 0.25) is 0 Å². The van der Waals surface area contributed by atoms with Gasteiger partial charge in [0.1, 0.15) is 11.5 Å². The number of hydrogen-bond donors (Lipinski definition) is 1. The summed E-state index contributed by atoms with van der Waals surface area (Å²) in [7, 11) is 0. The van der Waals surface area contributed by atoms with Gasteiger partial charge in [0.05, 0.1) is 12.2 Å². The van der Waals surface area contributed by atoms with Gasteiger partial charge in [-0.3, -0.25) is 14.6 Å². The van der Waals surface area contributed by atoms with Crippen LogP contribution >= 0.6 is 15.9 Å². The average molecular weight is 453 g/mol. The molecule has 0 saturated carbocycles. The third-order valence-corrected chi connectivity index (χ3v) is 5.34. The lowest BCUT2D eigenvalue weighted by Crippen LogP contribution is -2.16. The van der Waals surface area contributed by atoms with Crippen molar-refractivity contribution >= 4 is 27.6 Å². The number of primary amides is 1. The van der Waals surface area contributed by atoms with Crippen LogP contribution in [0.5, 0.6) is 11.5 Å². The highest BCUT2D eigenvalue weighted by Crippen LogP contribution is 2.35. The summed E-state index contributed by atoms with van der Waals surface area (Å²) in [4.78, 5) is 27.5. The van der Waals surface area contributed by atoms with Gasteiger partial charge in [-0.25, -0.2) is 0 Å². The molecule has 3 aromatic rings. The van der Waals surface area contributed by atoms with Crippen molar-refractivity contribution in [2.45, 2.75) is 12.5 Å². The molecule has 1 amide bonds. The summed E-state index contributed by atoms with van der Waals surface area (Å²) < 4.78 is 12.7. The Labute approximate surface area is 175 Å². The Morgan fingerprint density at radius 3 is 2.69 bits per heavy atom. The van der Waals surface area contributed by atoms with E-state index in [2.05, 4.69) is 20.9 Å². The predicted octanol–water partition coefficient (Wildman–Crippen LogP) is 4.08. The van der Waals surface area contributed by atoms with E-state index < -0.39 is 12.0 Å². The Bertz CT molecular complexity index is 1080. The summed E-state index contributed by atoms with van der Waals surface area (Å²) in [6.45, 7) is 0.364. The first-order chi connectivity index (χ1) is 14.0. The topological polar surface area (TPSA) is 91.5 Å². The average Bonchev–Trinajstić information content (AvgIpc) is 2.73. The number of nitrogens with two attached hydrogens (primary N) is 1. The van der Waals surface area contributed by atoms with Crippen LogP contribution in [0.15, 0.2) is 65.4 Å². The van der Waals surface area contributed by atoms with Crippen molar-refractivity contribution in [2.24, 2.45) is 5.73 Å². The van der Waals surface area contributed by atoms with Gasteiger partial charge in [-0.15, -0.1) is 0 Å². The molecular formula is C22H17BrN2O4. The Morgan fingerprint density at radius 1 is 1.17 bits per heavy atom. The van der Waals surface area contributed by atoms with Crippen molar-refractivity contribution in [3.63, 3.8) is 0 Å². The molecular weight excluding hydrogens is 436 g/mol. The molecule has 0 fully saturated rings. The molecule has 2 N–H and O–H groups in total. The molecule has 0 bridgehead atoms. The maximum absolute atomic E-state index is 12.0. The van der Waals surface area contributed by atoms with Gasteiger partial charge in [0.15, 0.2) is 11.9 Å². The van der Waals surface area contributed by atoms with E-state index in [1.165, 1.54) is 0 Å². The van der Waals surface area contributed by atoms with Gasteiger partial charge in [0.25, 0.3) is 0 Å². The van der Waals surface area contributed by atoms with Crippen LogP contribution in [-0.2, 0) is 0 Å². The van der Waals surface area contributed by atoms with E-state index in [1.54, 1.807) is 54.9 Å². The van der Waals surface area contributed by atoms with Crippen LogP contribution in [-0.4, -0.2) is 23.3 Å². The molecule has 1 aliphatic rings. The number of pyridine rings is 1. The summed E-state index contributed by atoms with van der Waals surface area (Å²) >= 11 is 3.53. The second kappa shape index (κ2) is 8.05. The highest BCUT2D eigenvalue weighted by atomic mass is 79.9. The van der Waals surface area contributed by atoms with Gasteiger partial charge in [-0.2, -0.15) is 0 Å². The lowest BCUT2D eigenvalue weighted by Gasteiger charge is -2.23. The van der Waals surface area contributed by atoms with Gasteiger partial charge in [-0.05, 0) is 51.8 Å². The molecule has 7 heteroatoms. The van der Waals surface area contributed by atoms with Crippen molar-refractivity contribution in [1.29, 1.82) is 0 Å². The van der Waals surface area contributed by atoms with E-state index in [0.717, 1.165) is 15.6 Å². The largest absolute Gasteiger partial charge is 0.492 e. The fraction of sp³-hybridized carbons (Fsp3) is 0.136. The fourth-order valence-corrected chi connectivity index (χ4v) is 3.64. The van der Waals surface area contributed by atoms with Crippen LogP contribution in [0, 0.1) is 0 Å². The number of ether oxygens (including phenoxy) is 2. The molecule has 2 heterocycles. The van der Waals surface area contributed by atoms with E-state index in [0.29, 0.717) is 35.7 Å². The Morgan fingerprint density at radius 2 is 1.97 bits per heavy atom. The lowest BCUT2D eigenvalue weighted by atomic mass is 10.0. The number of rotatable bonds is 5. The summed E-state index contributed by atoms with van der Waals surface area (Å²) in [6.07, 6.45) is 3.28. The monoisotopic (exact) mass is 452 g/mol. The fourth-order valence-electron chi connectivity index (χ4n) is 3.18. The minimum Gasteiger partial charge on any atom is -0.492 e. The molecule has 1 aromatic heterocycles. The molecule has 4 rings (SSSR count). The first-order valence-corrected chi connectivity index (χ1v) is 9.78.